The first-order valence-corrected chi connectivity index (χ1v) is 6.57. The van der Waals surface area contributed by atoms with E-state index in [-0.39, 0.29) is 11.6 Å². The molecule has 102 valence electrons. The first-order chi connectivity index (χ1) is 8.39. The van der Waals surface area contributed by atoms with Crippen LogP contribution in [0.5, 0.6) is 0 Å². The van der Waals surface area contributed by atoms with Gasteiger partial charge >= 0.3 is 6.16 Å². The fourth-order valence-electron chi connectivity index (χ4n) is 2.44. The number of hydrogen-bond acceptors (Lipinski definition) is 5. The minimum absolute atomic E-state index is 0.0205. The molecule has 0 amide bonds. The summed E-state index contributed by atoms with van der Waals surface area (Å²) in [5.41, 5.74) is 2.81. The number of hydrogen-bond donors (Lipinski definition) is 1. The van der Waals surface area contributed by atoms with Gasteiger partial charge in [0.15, 0.2) is 0 Å². The SMILES string of the molecule is CC(C)(C)OC(=O)OC1CCC2(CC=NN2)CC1. The standard InChI is InChI=1S/C13H22N2O3/c1-12(2,3)18-11(16)17-10-4-6-13(7-5-10)8-9-14-15-13/h9-10,15H,4-8H2,1-3H3. The lowest BCUT2D eigenvalue weighted by atomic mass is 9.79. The molecule has 1 fully saturated rings. The highest BCUT2D eigenvalue weighted by Crippen LogP contribution is 2.34. The van der Waals surface area contributed by atoms with Gasteiger partial charge in [-0.3, -0.25) is 0 Å². The van der Waals surface area contributed by atoms with Gasteiger partial charge < -0.3 is 14.9 Å². The smallest absolute Gasteiger partial charge is 0.431 e. The van der Waals surface area contributed by atoms with E-state index >= 15 is 0 Å². The number of nitrogens with one attached hydrogen (secondary N) is 1. The highest BCUT2D eigenvalue weighted by molar-refractivity contribution is 5.62. The van der Waals surface area contributed by atoms with Crippen LogP contribution < -0.4 is 5.43 Å². The van der Waals surface area contributed by atoms with E-state index in [4.69, 9.17) is 9.47 Å². The summed E-state index contributed by atoms with van der Waals surface area (Å²) in [4.78, 5) is 11.6. The average molecular weight is 254 g/mol. The van der Waals surface area contributed by atoms with Crippen LogP contribution in [0.4, 0.5) is 4.79 Å². The van der Waals surface area contributed by atoms with Gasteiger partial charge in [-0.05, 0) is 46.5 Å². The van der Waals surface area contributed by atoms with Crippen molar-refractivity contribution in [3.05, 3.63) is 0 Å². The summed E-state index contributed by atoms with van der Waals surface area (Å²) < 4.78 is 10.5. The maximum atomic E-state index is 11.6. The Morgan fingerprint density at radius 3 is 2.56 bits per heavy atom. The average Bonchev–Trinajstić information content (AvgIpc) is 2.68. The van der Waals surface area contributed by atoms with Crippen LogP contribution in [0, 0.1) is 0 Å². The normalized spacial score (nSPS) is 31.2. The zero-order valence-corrected chi connectivity index (χ0v) is 11.4. The zero-order chi connectivity index (χ0) is 13.2. The molecule has 0 aromatic heterocycles. The third-order valence-electron chi connectivity index (χ3n) is 3.42. The Bertz CT molecular complexity index is 329. The highest BCUT2D eigenvalue weighted by atomic mass is 16.7. The van der Waals surface area contributed by atoms with Gasteiger partial charge in [-0.1, -0.05) is 0 Å². The van der Waals surface area contributed by atoms with Crippen LogP contribution >= 0.6 is 0 Å². The van der Waals surface area contributed by atoms with Gasteiger partial charge in [0.05, 0.1) is 5.54 Å². The fourth-order valence-corrected chi connectivity index (χ4v) is 2.44. The molecule has 5 nitrogen and oxygen atoms in total. The summed E-state index contributed by atoms with van der Waals surface area (Å²) in [6.07, 6.45) is 6.04. The van der Waals surface area contributed by atoms with Crippen LogP contribution in [0.1, 0.15) is 52.9 Å². The lowest BCUT2D eigenvalue weighted by molar-refractivity contribution is -0.0387. The molecular weight excluding hydrogens is 232 g/mol. The molecule has 0 aromatic carbocycles. The summed E-state index contributed by atoms with van der Waals surface area (Å²) in [6.45, 7) is 5.51. The molecule has 0 radical (unpaired) electrons. The van der Waals surface area contributed by atoms with Crippen molar-refractivity contribution in [2.45, 2.75) is 70.1 Å². The Morgan fingerprint density at radius 2 is 2.06 bits per heavy atom. The fraction of sp³-hybridized carbons (Fsp3) is 0.846. The molecule has 18 heavy (non-hydrogen) atoms. The van der Waals surface area contributed by atoms with E-state index in [9.17, 15) is 4.79 Å². The summed E-state index contributed by atoms with van der Waals surface area (Å²) in [5.74, 6) is 0. The summed E-state index contributed by atoms with van der Waals surface area (Å²) in [7, 11) is 0. The van der Waals surface area contributed by atoms with E-state index in [2.05, 4.69) is 10.5 Å². The van der Waals surface area contributed by atoms with E-state index in [1.807, 2.05) is 27.0 Å². The third-order valence-corrected chi connectivity index (χ3v) is 3.42. The maximum Gasteiger partial charge on any atom is 0.509 e. The summed E-state index contributed by atoms with van der Waals surface area (Å²) >= 11 is 0. The van der Waals surface area contributed by atoms with Gasteiger partial charge in [0, 0.05) is 12.6 Å². The number of carbonyl (C=O) groups is 1. The molecule has 0 aromatic rings. The Labute approximate surface area is 108 Å². The second kappa shape index (κ2) is 4.78. The van der Waals surface area contributed by atoms with Gasteiger partial charge in [-0.2, -0.15) is 5.10 Å². The minimum Gasteiger partial charge on any atom is -0.431 e. The number of nitrogens with zero attached hydrogens (tertiary/aromatic N) is 1. The van der Waals surface area contributed by atoms with Crippen molar-refractivity contribution in [2.24, 2.45) is 5.10 Å². The summed E-state index contributed by atoms with van der Waals surface area (Å²) in [6, 6.07) is 0. The van der Waals surface area contributed by atoms with Crippen molar-refractivity contribution < 1.29 is 14.3 Å². The molecule has 1 saturated carbocycles. The Balaban J connectivity index is 1.75. The predicted molar refractivity (Wildman–Crippen MR) is 68.6 cm³/mol. The molecule has 2 aliphatic rings. The summed E-state index contributed by atoms with van der Waals surface area (Å²) in [5, 5.41) is 4.09. The van der Waals surface area contributed by atoms with Gasteiger partial charge in [-0.25, -0.2) is 4.79 Å². The number of carbonyl (C=O) groups excluding carboxylic acids is 1. The van der Waals surface area contributed by atoms with E-state index in [0.29, 0.717) is 0 Å². The molecule has 0 atom stereocenters. The second-order valence-electron chi connectivity index (χ2n) is 6.19. The van der Waals surface area contributed by atoms with E-state index < -0.39 is 11.8 Å². The second-order valence-corrected chi connectivity index (χ2v) is 6.19. The molecule has 1 heterocycles. The van der Waals surface area contributed by atoms with Crippen LogP contribution in [-0.4, -0.2) is 29.6 Å². The largest absolute Gasteiger partial charge is 0.509 e. The first-order valence-electron chi connectivity index (χ1n) is 6.57. The van der Waals surface area contributed by atoms with Gasteiger partial charge in [0.25, 0.3) is 0 Å². The van der Waals surface area contributed by atoms with Crippen LogP contribution in [-0.2, 0) is 9.47 Å². The van der Waals surface area contributed by atoms with Crippen molar-refractivity contribution in [3.63, 3.8) is 0 Å². The van der Waals surface area contributed by atoms with Crippen molar-refractivity contribution in [1.29, 1.82) is 0 Å². The van der Waals surface area contributed by atoms with E-state index in [1.165, 1.54) is 0 Å². The lowest BCUT2D eigenvalue weighted by Crippen LogP contribution is -2.44. The number of ether oxygens (including phenoxy) is 2. The molecule has 2 rings (SSSR count). The molecule has 0 saturated heterocycles. The molecule has 0 unspecified atom stereocenters. The number of hydrazone groups is 1. The van der Waals surface area contributed by atoms with Crippen molar-refractivity contribution in [2.75, 3.05) is 0 Å². The quantitative estimate of drug-likeness (QED) is 0.731. The predicted octanol–water partition coefficient (Wildman–Crippen LogP) is 2.60. The maximum absolute atomic E-state index is 11.6. The first kappa shape index (κ1) is 13.2. The lowest BCUT2D eigenvalue weighted by Gasteiger charge is -2.36. The topological polar surface area (TPSA) is 59.9 Å². The molecule has 1 N–H and O–H groups in total. The van der Waals surface area contributed by atoms with E-state index in [0.717, 1.165) is 32.1 Å². The van der Waals surface area contributed by atoms with Crippen LogP contribution in [0.15, 0.2) is 5.10 Å². The monoisotopic (exact) mass is 254 g/mol. The van der Waals surface area contributed by atoms with Crippen LogP contribution in [0.3, 0.4) is 0 Å². The van der Waals surface area contributed by atoms with Gasteiger partial charge in [0.1, 0.15) is 11.7 Å². The highest BCUT2D eigenvalue weighted by Gasteiger charge is 2.38. The zero-order valence-electron chi connectivity index (χ0n) is 11.4. The molecule has 1 aliphatic carbocycles. The van der Waals surface area contributed by atoms with Crippen molar-refractivity contribution in [1.82, 2.24) is 5.43 Å². The molecule has 1 spiro atoms. The Hall–Kier alpha value is -1.26. The van der Waals surface area contributed by atoms with E-state index in [1.54, 1.807) is 0 Å². The van der Waals surface area contributed by atoms with Crippen molar-refractivity contribution in [3.8, 4) is 0 Å². The number of rotatable bonds is 1. The minimum atomic E-state index is -0.556. The molecule has 0 bridgehead atoms. The van der Waals surface area contributed by atoms with Gasteiger partial charge in [0.2, 0.25) is 0 Å². The van der Waals surface area contributed by atoms with Crippen molar-refractivity contribution >= 4 is 12.4 Å². The van der Waals surface area contributed by atoms with Crippen LogP contribution in [0.25, 0.3) is 0 Å². The Kier molecular flexibility index (Phi) is 3.50. The third kappa shape index (κ3) is 3.37. The van der Waals surface area contributed by atoms with Gasteiger partial charge in [-0.15, -0.1) is 0 Å². The molecular formula is C13H22N2O3. The molecule has 5 heteroatoms. The van der Waals surface area contributed by atoms with Crippen LogP contribution in [0.2, 0.25) is 0 Å². The molecule has 1 aliphatic heterocycles. The Morgan fingerprint density at radius 1 is 1.39 bits per heavy atom.